The fourth-order valence-corrected chi connectivity index (χ4v) is 4.21. The van der Waals surface area contributed by atoms with E-state index in [2.05, 4.69) is 4.90 Å². The Morgan fingerprint density at radius 1 is 0.833 bits per heavy atom. The van der Waals surface area contributed by atoms with Gasteiger partial charge in [0, 0.05) is 45.3 Å². The largest absolute Gasteiger partial charge is 0.493 e. The van der Waals surface area contributed by atoms with Crippen LogP contribution >= 0.6 is 0 Å². The highest BCUT2D eigenvalue weighted by Crippen LogP contribution is 2.29. The van der Waals surface area contributed by atoms with Gasteiger partial charge in [-0.05, 0) is 35.4 Å². The molecule has 0 radical (unpaired) electrons. The van der Waals surface area contributed by atoms with Gasteiger partial charge in [0.05, 0.1) is 13.7 Å². The molecule has 0 spiro atoms. The number of nitrogens with zero attached hydrogens (tertiary/aromatic N) is 3. The molecule has 7 heteroatoms. The molecule has 0 aliphatic carbocycles. The van der Waals surface area contributed by atoms with Crippen molar-refractivity contribution in [2.24, 2.45) is 0 Å². The highest BCUT2D eigenvalue weighted by Gasteiger charge is 2.24. The van der Waals surface area contributed by atoms with E-state index in [4.69, 9.17) is 9.47 Å². The Hall–Kier alpha value is -3.84. The van der Waals surface area contributed by atoms with E-state index in [9.17, 15) is 9.59 Å². The molecular formula is C29H33N3O4. The Kier molecular flexibility index (Phi) is 8.57. The van der Waals surface area contributed by atoms with Crippen LogP contribution in [-0.2, 0) is 17.9 Å². The first kappa shape index (κ1) is 25.3. The lowest BCUT2D eigenvalue weighted by atomic mass is 10.1. The van der Waals surface area contributed by atoms with Gasteiger partial charge >= 0.3 is 0 Å². The molecule has 1 saturated heterocycles. The van der Waals surface area contributed by atoms with Gasteiger partial charge in [0.1, 0.15) is 6.61 Å². The molecule has 1 fully saturated rings. The SMILES string of the molecule is COc1cc(CN(C)C(=O)CN2CCN(C(=O)c3ccccc3)CC2)ccc1OCc1ccccc1. The number of piperazine rings is 1. The maximum Gasteiger partial charge on any atom is 0.253 e. The van der Waals surface area contributed by atoms with Crippen molar-refractivity contribution in [2.75, 3.05) is 46.9 Å². The van der Waals surface area contributed by atoms with E-state index in [1.807, 2.05) is 90.8 Å². The normalized spacial score (nSPS) is 13.8. The zero-order valence-corrected chi connectivity index (χ0v) is 20.9. The predicted octanol–water partition coefficient (Wildman–Crippen LogP) is 3.69. The van der Waals surface area contributed by atoms with Crippen molar-refractivity contribution in [3.8, 4) is 11.5 Å². The predicted molar refractivity (Wildman–Crippen MR) is 139 cm³/mol. The Morgan fingerprint density at radius 2 is 1.50 bits per heavy atom. The number of benzene rings is 3. The standard InChI is InChI=1S/C29H33N3O4/c1-30(20-24-13-14-26(27(19-24)35-2)36-22-23-9-5-3-6-10-23)28(33)21-31-15-17-32(18-16-31)29(34)25-11-7-4-8-12-25/h3-14,19H,15-18,20-22H2,1-2H3. The molecule has 0 N–H and O–H groups in total. The van der Waals surface area contributed by atoms with Crippen LogP contribution in [0.2, 0.25) is 0 Å². The number of ether oxygens (including phenoxy) is 2. The van der Waals surface area contributed by atoms with Crippen LogP contribution in [0.1, 0.15) is 21.5 Å². The summed E-state index contributed by atoms with van der Waals surface area (Å²) >= 11 is 0. The first-order valence-corrected chi connectivity index (χ1v) is 12.2. The van der Waals surface area contributed by atoms with Crippen molar-refractivity contribution in [1.82, 2.24) is 14.7 Å². The first-order chi connectivity index (χ1) is 17.5. The van der Waals surface area contributed by atoms with E-state index in [1.165, 1.54) is 0 Å². The van der Waals surface area contributed by atoms with Gasteiger partial charge in [0.15, 0.2) is 11.5 Å². The Bertz CT molecular complexity index is 1150. The minimum atomic E-state index is 0.0428. The van der Waals surface area contributed by atoms with E-state index in [-0.39, 0.29) is 11.8 Å². The third-order valence-corrected chi connectivity index (χ3v) is 6.35. The van der Waals surface area contributed by atoms with Gasteiger partial charge in [-0.15, -0.1) is 0 Å². The molecule has 7 nitrogen and oxygen atoms in total. The number of amides is 2. The molecule has 36 heavy (non-hydrogen) atoms. The van der Waals surface area contributed by atoms with Crippen LogP contribution in [0.3, 0.4) is 0 Å². The molecule has 3 aromatic rings. The van der Waals surface area contributed by atoms with E-state index < -0.39 is 0 Å². The van der Waals surface area contributed by atoms with Crippen molar-refractivity contribution in [3.63, 3.8) is 0 Å². The van der Waals surface area contributed by atoms with Crippen molar-refractivity contribution >= 4 is 11.8 Å². The molecule has 1 aliphatic rings. The van der Waals surface area contributed by atoms with Crippen LogP contribution < -0.4 is 9.47 Å². The van der Waals surface area contributed by atoms with Gasteiger partial charge < -0.3 is 19.3 Å². The molecule has 0 saturated carbocycles. The minimum Gasteiger partial charge on any atom is -0.493 e. The molecule has 2 amide bonds. The van der Waals surface area contributed by atoms with Gasteiger partial charge in [-0.1, -0.05) is 54.6 Å². The maximum atomic E-state index is 12.9. The summed E-state index contributed by atoms with van der Waals surface area (Å²) in [6.07, 6.45) is 0. The monoisotopic (exact) mass is 487 g/mol. The second-order valence-electron chi connectivity index (χ2n) is 8.94. The van der Waals surface area contributed by atoms with Gasteiger partial charge in [0.2, 0.25) is 5.91 Å². The molecule has 1 aliphatic heterocycles. The quantitative estimate of drug-likeness (QED) is 0.461. The highest BCUT2D eigenvalue weighted by molar-refractivity contribution is 5.94. The number of hydrogen-bond acceptors (Lipinski definition) is 5. The molecule has 0 aromatic heterocycles. The lowest BCUT2D eigenvalue weighted by molar-refractivity contribution is -0.132. The maximum absolute atomic E-state index is 12.9. The number of methoxy groups -OCH3 is 1. The Balaban J connectivity index is 1.26. The first-order valence-electron chi connectivity index (χ1n) is 12.2. The molecule has 4 rings (SSSR count). The van der Waals surface area contributed by atoms with Gasteiger partial charge in [-0.25, -0.2) is 0 Å². The summed E-state index contributed by atoms with van der Waals surface area (Å²) in [4.78, 5) is 31.2. The Morgan fingerprint density at radius 3 is 2.17 bits per heavy atom. The van der Waals surface area contributed by atoms with Crippen molar-refractivity contribution in [3.05, 3.63) is 95.6 Å². The summed E-state index contributed by atoms with van der Waals surface area (Å²) in [5, 5.41) is 0. The van der Waals surface area contributed by atoms with E-state index >= 15 is 0 Å². The van der Waals surface area contributed by atoms with Crippen LogP contribution in [-0.4, -0.2) is 73.4 Å². The lowest BCUT2D eigenvalue weighted by Crippen LogP contribution is -2.51. The Labute approximate surface area is 212 Å². The van der Waals surface area contributed by atoms with Crippen LogP contribution in [0.15, 0.2) is 78.9 Å². The average molecular weight is 488 g/mol. The number of carbonyl (C=O) groups is 2. The second-order valence-corrected chi connectivity index (χ2v) is 8.94. The summed E-state index contributed by atoms with van der Waals surface area (Å²) in [5.41, 5.74) is 2.75. The van der Waals surface area contributed by atoms with Crippen LogP contribution in [0.4, 0.5) is 0 Å². The summed E-state index contributed by atoms with van der Waals surface area (Å²) in [5.74, 6) is 1.40. The van der Waals surface area contributed by atoms with E-state index in [0.29, 0.717) is 62.9 Å². The number of likely N-dealkylation sites (N-methyl/N-ethyl adjacent to an activating group) is 1. The van der Waals surface area contributed by atoms with E-state index in [0.717, 1.165) is 11.1 Å². The zero-order valence-electron chi connectivity index (χ0n) is 20.9. The topological polar surface area (TPSA) is 62.3 Å². The van der Waals surface area contributed by atoms with E-state index in [1.54, 1.807) is 12.0 Å². The van der Waals surface area contributed by atoms with Crippen LogP contribution in [0, 0.1) is 0 Å². The second kappa shape index (κ2) is 12.2. The zero-order chi connectivity index (χ0) is 25.3. The van der Waals surface area contributed by atoms with Crippen molar-refractivity contribution in [2.45, 2.75) is 13.2 Å². The van der Waals surface area contributed by atoms with Gasteiger partial charge in [-0.3, -0.25) is 14.5 Å². The third kappa shape index (κ3) is 6.64. The third-order valence-electron chi connectivity index (χ3n) is 6.35. The molecule has 0 bridgehead atoms. The molecule has 1 heterocycles. The van der Waals surface area contributed by atoms with Crippen molar-refractivity contribution in [1.29, 1.82) is 0 Å². The van der Waals surface area contributed by atoms with Gasteiger partial charge in [0.25, 0.3) is 5.91 Å². The number of carbonyl (C=O) groups excluding carboxylic acids is 2. The molecular weight excluding hydrogens is 454 g/mol. The fourth-order valence-electron chi connectivity index (χ4n) is 4.21. The molecule has 0 unspecified atom stereocenters. The highest BCUT2D eigenvalue weighted by atomic mass is 16.5. The number of rotatable bonds is 9. The molecule has 188 valence electrons. The lowest BCUT2D eigenvalue weighted by Gasteiger charge is -2.35. The summed E-state index contributed by atoms with van der Waals surface area (Å²) < 4.78 is 11.5. The smallest absolute Gasteiger partial charge is 0.253 e. The van der Waals surface area contributed by atoms with Crippen LogP contribution in [0.5, 0.6) is 11.5 Å². The molecule has 0 atom stereocenters. The van der Waals surface area contributed by atoms with Crippen LogP contribution in [0.25, 0.3) is 0 Å². The minimum absolute atomic E-state index is 0.0428. The fraction of sp³-hybridized carbons (Fsp3) is 0.310. The summed E-state index contributed by atoms with van der Waals surface area (Å²) in [6.45, 7) is 3.86. The summed E-state index contributed by atoms with van der Waals surface area (Å²) in [7, 11) is 3.43. The number of hydrogen-bond donors (Lipinski definition) is 0. The van der Waals surface area contributed by atoms with Crippen molar-refractivity contribution < 1.29 is 19.1 Å². The molecule has 3 aromatic carbocycles. The average Bonchev–Trinajstić information content (AvgIpc) is 2.93. The van der Waals surface area contributed by atoms with Gasteiger partial charge in [-0.2, -0.15) is 0 Å². The summed E-state index contributed by atoms with van der Waals surface area (Å²) in [6, 6.07) is 25.1.